The molecule has 0 N–H and O–H groups in total. The molecule has 6 heteroatoms. The number of fused-ring (bicyclic) bond motifs is 1. The number of hydrogen-bond donors (Lipinski definition) is 0. The Morgan fingerprint density at radius 1 is 1.32 bits per heavy atom. The monoisotopic (exact) mass is 353 g/mol. The summed E-state index contributed by atoms with van der Waals surface area (Å²) in [6.45, 7) is 2.83. The maximum absolute atomic E-state index is 12.9. The van der Waals surface area contributed by atoms with Crippen LogP contribution in [0.1, 0.15) is 34.7 Å². The van der Waals surface area contributed by atoms with E-state index in [-0.39, 0.29) is 5.91 Å². The molecule has 2 aromatic heterocycles. The lowest BCUT2D eigenvalue weighted by atomic mass is 10.0. The third-order valence-electron chi connectivity index (χ3n) is 4.45. The van der Waals surface area contributed by atoms with Crippen molar-refractivity contribution in [2.24, 2.45) is 7.05 Å². The summed E-state index contributed by atoms with van der Waals surface area (Å²) in [5.74, 6) is 2.07. The van der Waals surface area contributed by atoms with Crippen LogP contribution in [0.25, 0.3) is 0 Å². The number of benzene rings is 1. The summed E-state index contributed by atoms with van der Waals surface area (Å²) in [7, 11) is 1.96. The molecule has 0 fully saturated rings. The van der Waals surface area contributed by atoms with Crippen molar-refractivity contribution in [1.29, 1.82) is 0 Å². The maximum atomic E-state index is 12.9. The third kappa shape index (κ3) is 2.98. The number of aryl methyl sites for hydroxylation is 1. The minimum atomic E-state index is -0.0787. The molecule has 1 amide bonds. The molecular weight excluding hydrogens is 334 g/mol. The molecule has 0 spiro atoms. The van der Waals surface area contributed by atoms with E-state index in [0.29, 0.717) is 24.0 Å². The summed E-state index contributed by atoms with van der Waals surface area (Å²) < 4.78 is 7.76. The average Bonchev–Trinajstić information content (AvgIpc) is 3.33. The lowest BCUT2D eigenvalue weighted by molar-refractivity contribution is 0.0960. The smallest absolute Gasteiger partial charge is 0.293 e. The van der Waals surface area contributed by atoms with Crippen LogP contribution in [0.15, 0.2) is 58.4 Å². The number of para-hydroxylation sites is 1. The van der Waals surface area contributed by atoms with Crippen molar-refractivity contribution in [2.75, 3.05) is 11.4 Å². The van der Waals surface area contributed by atoms with Crippen LogP contribution in [-0.4, -0.2) is 22.0 Å². The fourth-order valence-electron chi connectivity index (χ4n) is 3.14. The quantitative estimate of drug-likeness (QED) is 0.664. The van der Waals surface area contributed by atoms with Gasteiger partial charge in [-0.3, -0.25) is 4.79 Å². The molecule has 0 saturated heterocycles. The van der Waals surface area contributed by atoms with Crippen LogP contribution >= 0.6 is 11.8 Å². The Morgan fingerprint density at radius 2 is 2.16 bits per heavy atom. The topological polar surface area (TPSA) is 51.3 Å². The number of amides is 1. The van der Waals surface area contributed by atoms with Gasteiger partial charge in [-0.2, -0.15) is 0 Å². The van der Waals surface area contributed by atoms with Crippen molar-refractivity contribution >= 4 is 23.4 Å². The lowest BCUT2D eigenvalue weighted by Gasteiger charge is -2.15. The van der Waals surface area contributed by atoms with Gasteiger partial charge in [0.2, 0.25) is 0 Å². The summed E-state index contributed by atoms with van der Waals surface area (Å²) in [4.78, 5) is 19.0. The van der Waals surface area contributed by atoms with Gasteiger partial charge < -0.3 is 13.9 Å². The highest BCUT2D eigenvalue weighted by atomic mass is 32.2. The Morgan fingerprint density at radius 3 is 2.96 bits per heavy atom. The fourth-order valence-corrected chi connectivity index (χ4v) is 3.97. The summed E-state index contributed by atoms with van der Waals surface area (Å²) >= 11 is 1.59. The van der Waals surface area contributed by atoms with Crippen LogP contribution < -0.4 is 4.90 Å². The van der Waals surface area contributed by atoms with E-state index in [1.165, 1.54) is 5.56 Å². The number of thioether (sulfide) groups is 1. The van der Waals surface area contributed by atoms with Gasteiger partial charge >= 0.3 is 0 Å². The molecule has 128 valence electrons. The van der Waals surface area contributed by atoms with E-state index in [2.05, 4.69) is 18.0 Å². The Kier molecular flexibility index (Phi) is 4.13. The molecule has 4 rings (SSSR count). The Balaban J connectivity index is 1.49. The molecule has 0 bridgehead atoms. The lowest BCUT2D eigenvalue weighted by Crippen LogP contribution is -2.29. The van der Waals surface area contributed by atoms with E-state index in [1.807, 2.05) is 47.0 Å². The number of imidazole rings is 1. The standard InChI is InChI=1S/C19H19N3O2S/c1-13-11-22(16-6-4-3-5-15(13)16)18(23)17-8-7-14(24-17)12-25-19-20-9-10-21(19)2/h3-10,13H,11-12H2,1-2H3/t13-/m1/s1. The van der Waals surface area contributed by atoms with Gasteiger partial charge in [0, 0.05) is 37.6 Å². The molecular formula is C19H19N3O2S. The highest BCUT2D eigenvalue weighted by Gasteiger charge is 2.31. The zero-order valence-electron chi connectivity index (χ0n) is 14.2. The van der Waals surface area contributed by atoms with Crippen molar-refractivity contribution in [3.8, 4) is 0 Å². The van der Waals surface area contributed by atoms with E-state index < -0.39 is 0 Å². The minimum Gasteiger partial charge on any atom is -0.455 e. The van der Waals surface area contributed by atoms with E-state index in [0.717, 1.165) is 16.6 Å². The van der Waals surface area contributed by atoms with Gasteiger partial charge in [0.15, 0.2) is 10.9 Å². The van der Waals surface area contributed by atoms with Gasteiger partial charge in [-0.1, -0.05) is 36.9 Å². The molecule has 1 atom stereocenters. The van der Waals surface area contributed by atoms with Crippen molar-refractivity contribution in [2.45, 2.75) is 23.8 Å². The van der Waals surface area contributed by atoms with Crippen LogP contribution in [0.3, 0.4) is 0 Å². The largest absolute Gasteiger partial charge is 0.455 e. The van der Waals surface area contributed by atoms with Crippen LogP contribution in [-0.2, 0) is 12.8 Å². The second-order valence-electron chi connectivity index (χ2n) is 6.25. The average molecular weight is 353 g/mol. The maximum Gasteiger partial charge on any atom is 0.293 e. The highest BCUT2D eigenvalue weighted by Crippen LogP contribution is 2.36. The van der Waals surface area contributed by atoms with E-state index in [4.69, 9.17) is 4.42 Å². The number of carbonyl (C=O) groups excluding carboxylic acids is 1. The molecule has 25 heavy (non-hydrogen) atoms. The van der Waals surface area contributed by atoms with Crippen molar-refractivity contribution in [3.05, 3.63) is 65.9 Å². The minimum absolute atomic E-state index is 0.0787. The molecule has 1 aromatic carbocycles. The van der Waals surface area contributed by atoms with Crippen molar-refractivity contribution < 1.29 is 9.21 Å². The molecule has 1 aliphatic heterocycles. The van der Waals surface area contributed by atoms with E-state index >= 15 is 0 Å². The molecule has 1 aliphatic rings. The van der Waals surface area contributed by atoms with Gasteiger partial charge in [-0.05, 0) is 23.8 Å². The van der Waals surface area contributed by atoms with Crippen LogP contribution in [0.5, 0.6) is 0 Å². The first-order valence-electron chi connectivity index (χ1n) is 8.23. The van der Waals surface area contributed by atoms with Crippen LogP contribution in [0.2, 0.25) is 0 Å². The van der Waals surface area contributed by atoms with Gasteiger partial charge in [0.1, 0.15) is 5.76 Å². The van der Waals surface area contributed by atoms with Crippen LogP contribution in [0.4, 0.5) is 5.69 Å². The van der Waals surface area contributed by atoms with Crippen LogP contribution in [0, 0.1) is 0 Å². The number of nitrogens with zero attached hydrogens (tertiary/aromatic N) is 3. The molecule has 0 unspecified atom stereocenters. The number of aromatic nitrogens is 2. The predicted octanol–water partition coefficient (Wildman–Crippen LogP) is 4.07. The van der Waals surface area contributed by atoms with Gasteiger partial charge in [0.05, 0.1) is 5.75 Å². The molecule has 3 aromatic rings. The summed E-state index contributed by atoms with van der Waals surface area (Å²) in [6.07, 6.45) is 3.68. The van der Waals surface area contributed by atoms with Gasteiger partial charge in [0.25, 0.3) is 5.91 Å². The molecule has 0 radical (unpaired) electrons. The third-order valence-corrected chi connectivity index (χ3v) is 5.53. The molecule has 0 saturated carbocycles. The summed E-state index contributed by atoms with van der Waals surface area (Å²) in [6, 6.07) is 11.7. The summed E-state index contributed by atoms with van der Waals surface area (Å²) in [5, 5.41) is 0.923. The molecule has 5 nitrogen and oxygen atoms in total. The zero-order chi connectivity index (χ0) is 17.4. The summed E-state index contributed by atoms with van der Waals surface area (Å²) in [5.41, 5.74) is 2.20. The van der Waals surface area contributed by atoms with Gasteiger partial charge in [-0.15, -0.1) is 0 Å². The Hall–Kier alpha value is -2.47. The first kappa shape index (κ1) is 16.0. The Bertz CT molecular complexity index is 915. The first-order valence-corrected chi connectivity index (χ1v) is 9.21. The number of hydrogen-bond acceptors (Lipinski definition) is 4. The van der Waals surface area contributed by atoms with Crippen molar-refractivity contribution in [1.82, 2.24) is 9.55 Å². The second-order valence-corrected chi connectivity index (χ2v) is 7.19. The zero-order valence-corrected chi connectivity index (χ0v) is 15.0. The van der Waals surface area contributed by atoms with Crippen molar-refractivity contribution in [3.63, 3.8) is 0 Å². The SMILES string of the molecule is C[C@@H]1CN(C(=O)c2ccc(CSc3nccn3C)o2)c2ccccc21. The van der Waals surface area contributed by atoms with Gasteiger partial charge in [-0.25, -0.2) is 4.98 Å². The van der Waals surface area contributed by atoms with E-state index in [9.17, 15) is 4.79 Å². The normalized spacial score (nSPS) is 16.2. The highest BCUT2D eigenvalue weighted by molar-refractivity contribution is 7.98. The second kappa shape index (κ2) is 6.44. The molecule has 0 aliphatic carbocycles. The first-order chi connectivity index (χ1) is 12.1. The number of carbonyl (C=O) groups is 1. The molecule has 3 heterocycles. The fraction of sp³-hybridized carbons (Fsp3) is 0.263. The number of rotatable bonds is 4. The van der Waals surface area contributed by atoms with E-state index in [1.54, 1.807) is 24.0 Å². The number of furan rings is 1. The predicted molar refractivity (Wildman–Crippen MR) is 98.0 cm³/mol. The number of anilines is 1. The Labute approximate surface area is 150 Å².